The molecule has 0 aliphatic rings. The van der Waals surface area contributed by atoms with Gasteiger partial charge in [0.2, 0.25) is 5.91 Å². The van der Waals surface area contributed by atoms with Crippen LogP contribution in [0.4, 0.5) is 5.13 Å². The third-order valence-electron chi connectivity index (χ3n) is 1.69. The second-order valence-electron chi connectivity index (χ2n) is 2.95. The number of fused-ring (bicyclic) bond motifs is 1. The van der Waals surface area contributed by atoms with Crippen molar-refractivity contribution in [1.82, 2.24) is 9.97 Å². The minimum Gasteiger partial charge on any atom is -0.302 e. The number of aromatic nitrogens is 2. The molecule has 0 fully saturated rings. The minimum absolute atomic E-state index is 0.113. The van der Waals surface area contributed by atoms with E-state index in [4.69, 9.17) is 0 Å². The number of hydrogen-bond acceptors (Lipinski definition) is 6. The molecule has 0 aliphatic carbocycles. The predicted molar refractivity (Wildman–Crippen MR) is 71.1 cm³/mol. The van der Waals surface area contributed by atoms with E-state index in [1.54, 1.807) is 21.6 Å². The third-order valence-corrected chi connectivity index (χ3v) is 4.24. The second kappa shape index (κ2) is 5.03. The molecule has 16 heavy (non-hydrogen) atoms. The molecule has 0 spiro atoms. The first-order valence-electron chi connectivity index (χ1n) is 4.44. The van der Waals surface area contributed by atoms with Crippen LogP contribution in [0.15, 0.2) is 17.2 Å². The lowest BCUT2D eigenvalue weighted by Crippen LogP contribution is -2.04. The highest BCUT2D eigenvalue weighted by Crippen LogP contribution is 2.32. The lowest BCUT2D eigenvalue weighted by Gasteiger charge is -1.94. The van der Waals surface area contributed by atoms with Crippen LogP contribution in [0, 0.1) is 0 Å². The Kier molecular flexibility index (Phi) is 3.67. The van der Waals surface area contributed by atoms with Crippen LogP contribution < -0.4 is 5.32 Å². The topological polar surface area (TPSA) is 54.9 Å². The zero-order chi connectivity index (χ0) is 11.5. The SMILES string of the molecule is CSSc1cnc2sc(NC(C)=O)nc2c1. The molecule has 2 aromatic heterocycles. The average Bonchev–Trinajstić information content (AvgIpc) is 2.58. The Morgan fingerprint density at radius 1 is 1.56 bits per heavy atom. The van der Waals surface area contributed by atoms with Gasteiger partial charge in [0, 0.05) is 18.0 Å². The molecule has 84 valence electrons. The lowest BCUT2D eigenvalue weighted by atomic mass is 10.4. The lowest BCUT2D eigenvalue weighted by molar-refractivity contribution is -0.114. The summed E-state index contributed by atoms with van der Waals surface area (Å²) in [7, 11) is 3.31. The van der Waals surface area contributed by atoms with Gasteiger partial charge in [0.15, 0.2) is 5.13 Å². The van der Waals surface area contributed by atoms with E-state index in [9.17, 15) is 4.79 Å². The van der Waals surface area contributed by atoms with Crippen LogP contribution >= 0.6 is 32.9 Å². The van der Waals surface area contributed by atoms with E-state index in [2.05, 4.69) is 15.3 Å². The van der Waals surface area contributed by atoms with E-state index in [-0.39, 0.29) is 5.91 Å². The number of anilines is 1. The highest BCUT2D eigenvalue weighted by Gasteiger charge is 2.07. The van der Waals surface area contributed by atoms with Crippen molar-refractivity contribution in [3.8, 4) is 0 Å². The summed E-state index contributed by atoms with van der Waals surface area (Å²) < 4.78 is 0. The Hall–Kier alpha value is -0.790. The van der Waals surface area contributed by atoms with E-state index in [1.807, 2.05) is 18.5 Å². The molecule has 2 rings (SSSR count). The summed E-state index contributed by atoms with van der Waals surface area (Å²) >= 11 is 1.38. The van der Waals surface area contributed by atoms with Crippen LogP contribution in [0.1, 0.15) is 6.92 Å². The Morgan fingerprint density at radius 3 is 3.06 bits per heavy atom. The van der Waals surface area contributed by atoms with Gasteiger partial charge in [-0.05, 0) is 12.3 Å². The van der Waals surface area contributed by atoms with Crippen LogP contribution in [0.5, 0.6) is 0 Å². The summed E-state index contributed by atoms with van der Waals surface area (Å²) in [6.45, 7) is 1.47. The molecule has 0 bridgehead atoms. The van der Waals surface area contributed by atoms with Crippen molar-refractivity contribution in [1.29, 1.82) is 0 Å². The van der Waals surface area contributed by atoms with Gasteiger partial charge in [-0.15, -0.1) is 0 Å². The first kappa shape index (κ1) is 11.7. The molecule has 7 heteroatoms. The summed E-state index contributed by atoms with van der Waals surface area (Å²) in [5, 5.41) is 3.26. The quantitative estimate of drug-likeness (QED) is 0.870. The number of thiazole rings is 1. The minimum atomic E-state index is -0.113. The molecule has 0 unspecified atom stereocenters. The second-order valence-corrected chi connectivity index (χ2v) is 6.39. The molecule has 0 saturated heterocycles. The van der Waals surface area contributed by atoms with Crippen LogP contribution in [0.2, 0.25) is 0 Å². The summed E-state index contributed by atoms with van der Waals surface area (Å²) in [6, 6.07) is 1.98. The predicted octanol–water partition coefficient (Wildman–Crippen LogP) is 3.02. The Labute approximate surface area is 105 Å². The first-order chi connectivity index (χ1) is 7.69. The van der Waals surface area contributed by atoms with Crippen molar-refractivity contribution in [2.24, 2.45) is 0 Å². The molecule has 0 aliphatic heterocycles. The smallest absolute Gasteiger partial charge is 0.223 e. The number of carbonyl (C=O) groups excluding carboxylic acids is 1. The van der Waals surface area contributed by atoms with Crippen molar-refractivity contribution in [3.05, 3.63) is 12.3 Å². The van der Waals surface area contributed by atoms with Crippen molar-refractivity contribution >= 4 is 54.3 Å². The van der Waals surface area contributed by atoms with Gasteiger partial charge in [0.05, 0.1) is 0 Å². The number of carbonyl (C=O) groups is 1. The largest absolute Gasteiger partial charge is 0.302 e. The zero-order valence-electron chi connectivity index (χ0n) is 8.68. The van der Waals surface area contributed by atoms with Gasteiger partial charge in [-0.3, -0.25) is 4.79 Å². The Morgan fingerprint density at radius 2 is 2.38 bits per heavy atom. The summed E-state index contributed by atoms with van der Waals surface area (Å²) in [5.41, 5.74) is 0.827. The molecule has 0 radical (unpaired) electrons. The van der Waals surface area contributed by atoms with Crippen LogP contribution in [0.3, 0.4) is 0 Å². The van der Waals surface area contributed by atoms with Crippen molar-refractivity contribution in [3.63, 3.8) is 0 Å². The van der Waals surface area contributed by atoms with E-state index in [0.29, 0.717) is 5.13 Å². The van der Waals surface area contributed by atoms with Crippen LogP contribution in [-0.4, -0.2) is 22.1 Å². The highest BCUT2D eigenvalue weighted by molar-refractivity contribution is 8.76. The number of amides is 1. The Balaban J connectivity index is 2.34. The fourth-order valence-corrected chi connectivity index (χ4v) is 3.29. The molecule has 4 nitrogen and oxygen atoms in total. The Bertz CT molecular complexity index is 526. The van der Waals surface area contributed by atoms with Crippen molar-refractivity contribution < 1.29 is 4.79 Å². The van der Waals surface area contributed by atoms with E-state index < -0.39 is 0 Å². The van der Waals surface area contributed by atoms with Gasteiger partial charge < -0.3 is 5.32 Å². The number of pyridine rings is 1. The molecule has 0 aromatic carbocycles. The van der Waals surface area contributed by atoms with E-state index in [0.717, 1.165) is 15.2 Å². The molecule has 1 N–H and O–H groups in total. The molecular formula is C9H9N3OS3. The maximum absolute atomic E-state index is 10.9. The van der Waals surface area contributed by atoms with Crippen molar-refractivity contribution in [2.45, 2.75) is 11.8 Å². The summed E-state index contributed by atoms with van der Waals surface area (Å²) in [6.07, 6.45) is 3.83. The average molecular weight is 271 g/mol. The van der Waals surface area contributed by atoms with Gasteiger partial charge in [-0.1, -0.05) is 32.9 Å². The third kappa shape index (κ3) is 2.66. The van der Waals surface area contributed by atoms with Gasteiger partial charge in [-0.2, -0.15) is 0 Å². The van der Waals surface area contributed by atoms with E-state index >= 15 is 0 Å². The van der Waals surface area contributed by atoms with Crippen molar-refractivity contribution in [2.75, 3.05) is 11.6 Å². The molecular weight excluding hydrogens is 262 g/mol. The van der Waals surface area contributed by atoms with Crippen LogP contribution in [0.25, 0.3) is 10.3 Å². The highest BCUT2D eigenvalue weighted by atomic mass is 33.1. The number of nitrogens with one attached hydrogen (secondary N) is 1. The number of hydrogen-bond donors (Lipinski definition) is 1. The summed E-state index contributed by atoms with van der Waals surface area (Å²) in [4.78, 5) is 21.4. The number of nitrogens with zero attached hydrogens (tertiary/aromatic N) is 2. The standard InChI is InChI=1S/C9H9N3OS3/c1-5(13)11-9-12-7-3-6(16-14-2)4-10-8(7)15-9/h3-4H,1-2H3,(H,11,12,13). The molecule has 0 saturated carbocycles. The normalized spacial score (nSPS) is 10.6. The van der Waals surface area contributed by atoms with Gasteiger partial charge in [-0.25, -0.2) is 9.97 Å². The van der Waals surface area contributed by atoms with Crippen LogP contribution in [-0.2, 0) is 4.79 Å². The monoisotopic (exact) mass is 271 g/mol. The fourth-order valence-electron chi connectivity index (χ4n) is 1.15. The maximum Gasteiger partial charge on any atom is 0.223 e. The zero-order valence-corrected chi connectivity index (χ0v) is 11.1. The molecule has 2 heterocycles. The fraction of sp³-hybridized carbons (Fsp3) is 0.222. The maximum atomic E-state index is 10.9. The van der Waals surface area contributed by atoms with Gasteiger partial charge >= 0.3 is 0 Å². The van der Waals surface area contributed by atoms with E-state index in [1.165, 1.54) is 18.3 Å². The first-order valence-corrected chi connectivity index (χ1v) is 7.81. The molecule has 0 atom stereocenters. The number of rotatable bonds is 3. The molecule has 1 amide bonds. The molecule has 2 aromatic rings. The summed E-state index contributed by atoms with van der Waals surface area (Å²) in [5.74, 6) is -0.113. The van der Waals surface area contributed by atoms with Gasteiger partial charge in [0.25, 0.3) is 0 Å². The van der Waals surface area contributed by atoms with Gasteiger partial charge in [0.1, 0.15) is 10.3 Å².